The van der Waals surface area contributed by atoms with Crippen molar-refractivity contribution in [3.63, 3.8) is 0 Å². The largest absolute Gasteiger partial charge is 0.453 e. The molecular formula is C13H21NO4. The summed E-state index contributed by atoms with van der Waals surface area (Å²) in [6.45, 7) is 4.69. The molecule has 1 aliphatic carbocycles. The Morgan fingerprint density at radius 1 is 1.28 bits per heavy atom. The molecule has 102 valence electrons. The SMILES string of the molecule is COC(=O)N1CCCC12C[C@@H]1OC(C)(C)O[C@@H]1C2. The predicted molar refractivity (Wildman–Crippen MR) is 64.1 cm³/mol. The topological polar surface area (TPSA) is 48.0 Å². The Hall–Kier alpha value is -0.810. The average molecular weight is 255 g/mol. The first-order chi connectivity index (χ1) is 8.46. The van der Waals surface area contributed by atoms with Gasteiger partial charge in [-0.25, -0.2) is 4.79 Å². The number of ether oxygens (including phenoxy) is 3. The fraction of sp³-hybridized carbons (Fsp3) is 0.923. The molecule has 2 aliphatic heterocycles. The van der Waals surface area contributed by atoms with E-state index in [1.54, 1.807) is 0 Å². The molecule has 3 aliphatic rings. The number of likely N-dealkylation sites (tertiary alicyclic amines) is 1. The van der Waals surface area contributed by atoms with Crippen LogP contribution in [0.4, 0.5) is 4.79 Å². The molecule has 3 fully saturated rings. The van der Waals surface area contributed by atoms with Gasteiger partial charge >= 0.3 is 6.09 Å². The molecule has 18 heavy (non-hydrogen) atoms. The zero-order valence-electron chi connectivity index (χ0n) is 11.3. The lowest BCUT2D eigenvalue weighted by Crippen LogP contribution is -2.47. The summed E-state index contributed by atoms with van der Waals surface area (Å²) in [5.41, 5.74) is -0.0983. The van der Waals surface area contributed by atoms with Gasteiger partial charge in [-0.3, -0.25) is 0 Å². The van der Waals surface area contributed by atoms with Gasteiger partial charge in [0.05, 0.1) is 24.9 Å². The van der Waals surface area contributed by atoms with Gasteiger partial charge in [0.15, 0.2) is 5.79 Å². The van der Waals surface area contributed by atoms with Crippen LogP contribution in [0.5, 0.6) is 0 Å². The highest BCUT2D eigenvalue weighted by molar-refractivity contribution is 5.69. The standard InChI is InChI=1S/C13H21NO4/c1-12(2)17-9-7-13(8-10(9)18-12)5-4-6-14(13)11(15)16-3/h9-10H,4-8H2,1-3H3/t9-,10+,13?. The van der Waals surface area contributed by atoms with Crippen LogP contribution in [0.2, 0.25) is 0 Å². The summed E-state index contributed by atoms with van der Waals surface area (Å²) in [4.78, 5) is 13.7. The van der Waals surface area contributed by atoms with E-state index in [-0.39, 0.29) is 23.8 Å². The smallest absolute Gasteiger partial charge is 0.409 e. The van der Waals surface area contributed by atoms with E-state index in [9.17, 15) is 4.79 Å². The van der Waals surface area contributed by atoms with E-state index in [0.29, 0.717) is 0 Å². The van der Waals surface area contributed by atoms with Crippen molar-refractivity contribution in [3.8, 4) is 0 Å². The van der Waals surface area contributed by atoms with E-state index in [1.807, 2.05) is 18.7 Å². The lowest BCUT2D eigenvalue weighted by Gasteiger charge is -2.35. The van der Waals surface area contributed by atoms with Gasteiger partial charge in [-0.15, -0.1) is 0 Å². The van der Waals surface area contributed by atoms with Gasteiger partial charge in [-0.2, -0.15) is 0 Å². The van der Waals surface area contributed by atoms with Crippen LogP contribution < -0.4 is 0 Å². The molecule has 1 spiro atoms. The second-order valence-corrected chi connectivity index (χ2v) is 6.07. The summed E-state index contributed by atoms with van der Waals surface area (Å²) in [5.74, 6) is -0.481. The van der Waals surface area contributed by atoms with Crippen molar-refractivity contribution in [2.75, 3.05) is 13.7 Å². The summed E-state index contributed by atoms with van der Waals surface area (Å²) in [5, 5.41) is 0. The normalized spacial score (nSPS) is 41.4. The fourth-order valence-electron chi connectivity index (χ4n) is 3.85. The number of carbonyl (C=O) groups is 1. The van der Waals surface area contributed by atoms with E-state index in [0.717, 1.165) is 32.2 Å². The molecule has 1 amide bonds. The third-order valence-electron chi connectivity index (χ3n) is 4.44. The van der Waals surface area contributed by atoms with Gasteiger partial charge in [0.25, 0.3) is 0 Å². The van der Waals surface area contributed by atoms with Gasteiger partial charge in [-0.05, 0) is 39.5 Å². The highest BCUT2D eigenvalue weighted by Crippen LogP contribution is 2.49. The first kappa shape index (κ1) is 12.2. The number of fused-ring (bicyclic) bond motifs is 1. The van der Waals surface area contributed by atoms with Crippen LogP contribution in [0.3, 0.4) is 0 Å². The molecule has 3 atom stereocenters. The Labute approximate surface area is 107 Å². The number of hydrogen-bond donors (Lipinski definition) is 0. The van der Waals surface area contributed by atoms with E-state index in [1.165, 1.54) is 7.11 Å². The molecule has 1 unspecified atom stereocenters. The van der Waals surface area contributed by atoms with Crippen LogP contribution in [-0.2, 0) is 14.2 Å². The molecule has 5 nitrogen and oxygen atoms in total. The quantitative estimate of drug-likeness (QED) is 0.663. The van der Waals surface area contributed by atoms with Crippen molar-refractivity contribution >= 4 is 6.09 Å². The zero-order chi connectivity index (χ0) is 13.0. The van der Waals surface area contributed by atoms with Crippen LogP contribution in [-0.4, -0.2) is 48.2 Å². The number of rotatable bonds is 0. The van der Waals surface area contributed by atoms with Gasteiger partial charge in [0.2, 0.25) is 0 Å². The molecule has 0 N–H and O–H groups in total. The molecule has 0 aromatic carbocycles. The van der Waals surface area contributed by atoms with Crippen molar-refractivity contribution in [2.24, 2.45) is 0 Å². The molecule has 2 heterocycles. The first-order valence-electron chi connectivity index (χ1n) is 6.67. The van der Waals surface area contributed by atoms with Crippen molar-refractivity contribution in [1.29, 1.82) is 0 Å². The minimum Gasteiger partial charge on any atom is -0.453 e. The minimum absolute atomic E-state index is 0.0983. The molecule has 1 saturated carbocycles. The van der Waals surface area contributed by atoms with Gasteiger partial charge in [-0.1, -0.05) is 0 Å². The van der Waals surface area contributed by atoms with E-state index >= 15 is 0 Å². The highest BCUT2D eigenvalue weighted by Gasteiger charge is 2.58. The summed E-state index contributed by atoms with van der Waals surface area (Å²) >= 11 is 0. The lowest BCUT2D eigenvalue weighted by atomic mass is 9.94. The maximum absolute atomic E-state index is 11.8. The molecule has 3 rings (SSSR count). The van der Waals surface area contributed by atoms with Crippen molar-refractivity contribution < 1.29 is 19.0 Å². The Morgan fingerprint density at radius 2 is 1.89 bits per heavy atom. The fourth-order valence-corrected chi connectivity index (χ4v) is 3.85. The molecule has 0 aromatic heterocycles. The van der Waals surface area contributed by atoms with Crippen LogP contribution in [0.15, 0.2) is 0 Å². The van der Waals surface area contributed by atoms with Crippen LogP contribution in [0.1, 0.15) is 39.5 Å². The predicted octanol–water partition coefficient (Wildman–Crippen LogP) is 1.90. The Bertz CT molecular complexity index is 352. The summed E-state index contributed by atoms with van der Waals surface area (Å²) < 4.78 is 16.7. The van der Waals surface area contributed by atoms with Crippen LogP contribution in [0, 0.1) is 0 Å². The third kappa shape index (κ3) is 1.72. The van der Waals surface area contributed by atoms with Gasteiger partial charge in [0, 0.05) is 6.54 Å². The van der Waals surface area contributed by atoms with Crippen molar-refractivity contribution in [3.05, 3.63) is 0 Å². The molecule has 0 bridgehead atoms. The van der Waals surface area contributed by atoms with E-state index in [2.05, 4.69) is 0 Å². The maximum Gasteiger partial charge on any atom is 0.409 e. The van der Waals surface area contributed by atoms with Crippen molar-refractivity contribution in [1.82, 2.24) is 4.90 Å². The Kier molecular flexibility index (Phi) is 2.61. The molecular weight excluding hydrogens is 234 g/mol. The second kappa shape index (κ2) is 3.84. The zero-order valence-corrected chi connectivity index (χ0v) is 11.3. The highest BCUT2D eigenvalue weighted by atomic mass is 16.8. The number of methoxy groups -OCH3 is 1. The summed E-state index contributed by atoms with van der Waals surface area (Å²) in [6, 6.07) is 0. The lowest BCUT2D eigenvalue weighted by molar-refractivity contribution is -0.158. The summed E-state index contributed by atoms with van der Waals surface area (Å²) in [6.07, 6.45) is 3.83. The maximum atomic E-state index is 11.8. The molecule has 2 saturated heterocycles. The monoisotopic (exact) mass is 255 g/mol. The molecule has 0 radical (unpaired) electrons. The Morgan fingerprint density at radius 3 is 2.44 bits per heavy atom. The number of carbonyl (C=O) groups excluding carboxylic acids is 1. The van der Waals surface area contributed by atoms with Crippen molar-refractivity contribution in [2.45, 2.75) is 63.1 Å². The average Bonchev–Trinajstić information content (AvgIpc) is 2.89. The number of amides is 1. The molecule has 0 aromatic rings. The van der Waals surface area contributed by atoms with Gasteiger partial charge < -0.3 is 19.1 Å². The van der Waals surface area contributed by atoms with E-state index in [4.69, 9.17) is 14.2 Å². The van der Waals surface area contributed by atoms with Gasteiger partial charge in [0.1, 0.15) is 0 Å². The summed E-state index contributed by atoms with van der Waals surface area (Å²) in [7, 11) is 1.44. The minimum atomic E-state index is -0.481. The Balaban J connectivity index is 1.77. The van der Waals surface area contributed by atoms with Crippen LogP contribution in [0.25, 0.3) is 0 Å². The van der Waals surface area contributed by atoms with Crippen LogP contribution >= 0.6 is 0 Å². The first-order valence-corrected chi connectivity index (χ1v) is 6.67. The molecule has 5 heteroatoms. The van der Waals surface area contributed by atoms with E-state index < -0.39 is 5.79 Å². The second-order valence-electron chi connectivity index (χ2n) is 6.07. The third-order valence-corrected chi connectivity index (χ3v) is 4.44. The number of nitrogens with zero attached hydrogens (tertiary/aromatic N) is 1. The number of hydrogen-bond acceptors (Lipinski definition) is 4.